The molecule has 0 radical (unpaired) electrons. The third kappa shape index (κ3) is 15.3. The molecule has 0 bridgehead atoms. The molecule has 0 aliphatic rings. The van der Waals surface area contributed by atoms with Gasteiger partial charge in [0.1, 0.15) is 12.4 Å². The molecule has 0 amide bonds. The zero-order valence-corrected chi connectivity index (χ0v) is 24.0. The van der Waals surface area contributed by atoms with Gasteiger partial charge in [-0.2, -0.15) is 0 Å². The molecular formula is C32H63N2+. The molecule has 1 rings (SSSR count). The van der Waals surface area contributed by atoms with Crippen molar-refractivity contribution in [1.82, 2.24) is 4.98 Å². The number of H-pyrrole nitrogens is 1. The molecule has 200 valence electrons. The van der Waals surface area contributed by atoms with Crippen LogP contribution in [0.25, 0.3) is 0 Å². The lowest BCUT2D eigenvalue weighted by atomic mass is 9.93. The number of aromatic amines is 1. The van der Waals surface area contributed by atoms with Gasteiger partial charge in [-0.25, -0.2) is 9.55 Å². The van der Waals surface area contributed by atoms with E-state index in [0.717, 1.165) is 0 Å². The molecule has 0 aromatic carbocycles. The number of nitrogens with one attached hydrogen (secondary N) is 1. The van der Waals surface area contributed by atoms with Crippen LogP contribution in [0.3, 0.4) is 0 Å². The van der Waals surface area contributed by atoms with Gasteiger partial charge >= 0.3 is 0 Å². The van der Waals surface area contributed by atoms with E-state index >= 15 is 0 Å². The van der Waals surface area contributed by atoms with E-state index in [1.54, 1.807) is 0 Å². The van der Waals surface area contributed by atoms with Gasteiger partial charge in [0.15, 0.2) is 0 Å². The summed E-state index contributed by atoms with van der Waals surface area (Å²) in [6.07, 6.45) is 36.8. The molecule has 0 spiro atoms. The largest absolute Gasteiger partial charge is 0.257 e. The fourth-order valence-electron chi connectivity index (χ4n) is 5.54. The monoisotopic (exact) mass is 475 g/mol. The number of rotatable bonds is 25. The average Bonchev–Trinajstić information content (AvgIpc) is 3.33. The minimum absolute atomic E-state index is 0.623. The van der Waals surface area contributed by atoms with Gasteiger partial charge in [-0.15, -0.1) is 0 Å². The van der Waals surface area contributed by atoms with Crippen molar-refractivity contribution in [2.24, 2.45) is 0 Å². The predicted molar refractivity (Wildman–Crippen MR) is 152 cm³/mol. The summed E-state index contributed by atoms with van der Waals surface area (Å²) in [7, 11) is 0. The van der Waals surface area contributed by atoms with Crippen LogP contribution in [0.15, 0.2) is 12.4 Å². The maximum Gasteiger partial charge on any atom is 0.257 e. The molecule has 0 aliphatic carbocycles. The van der Waals surface area contributed by atoms with Crippen LogP contribution in [0.5, 0.6) is 0 Å². The maximum absolute atomic E-state index is 3.69. The lowest BCUT2D eigenvalue weighted by Crippen LogP contribution is -2.41. The van der Waals surface area contributed by atoms with Crippen molar-refractivity contribution in [2.75, 3.05) is 0 Å². The van der Waals surface area contributed by atoms with Gasteiger partial charge in [0, 0.05) is 0 Å². The molecule has 1 aromatic heterocycles. The predicted octanol–water partition coefficient (Wildman–Crippen LogP) is 11.0. The van der Waals surface area contributed by atoms with Crippen molar-refractivity contribution >= 4 is 0 Å². The second-order valence-electron chi connectivity index (χ2n) is 11.2. The molecule has 1 heterocycles. The summed E-state index contributed by atoms with van der Waals surface area (Å²) in [6, 6.07) is 0.623. The van der Waals surface area contributed by atoms with Gasteiger partial charge in [-0.3, -0.25) is 0 Å². The molecule has 0 fully saturated rings. The van der Waals surface area contributed by atoms with Crippen molar-refractivity contribution in [3.05, 3.63) is 18.2 Å². The lowest BCUT2D eigenvalue weighted by molar-refractivity contribution is -0.727. The number of hydrogen-bond donors (Lipinski definition) is 1. The van der Waals surface area contributed by atoms with E-state index < -0.39 is 0 Å². The van der Waals surface area contributed by atoms with Crippen molar-refractivity contribution in [1.29, 1.82) is 0 Å². The molecule has 0 saturated carbocycles. The standard InChI is InChI=1S/C32H62N2/c1-5-8-11-13-15-17-19-21-24-27-31(26-22-10-7-3)32-33-28-29-34(32)30(4)25-23-20-18-16-14-12-9-6-2/h28-31H,5-27H2,1-4H3/p+1. The van der Waals surface area contributed by atoms with Crippen LogP contribution in [-0.2, 0) is 0 Å². The molecule has 1 aromatic rings. The van der Waals surface area contributed by atoms with Crippen LogP contribution < -0.4 is 4.57 Å². The topological polar surface area (TPSA) is 19.7 Å². The number of imidazole rings is 1. The molecule has 34 heavy (non-hydrogen) atoms. The first-order valence-electron chi connectivity index (χ1n) is 15.8. The fourth-order valence-corrected chi connectivity index (χ4v) is 5.54. The van der Waals surface area contributed by atoms with Gasteiger partial charge in [-0.1, -0.05) is 143 Å². The lowest BCUT2D eigenvalue weighted by Gasteiger charge is -2.17. The van der Waals surface area contributed by atoms with Gasteiger partial charge in [0.25, 0.3) is 5.82 Å². The second kappa shape index (κ2) is 22.7. The Morgan fingerprint density at radius 2 is 0.941 bits per heavy atom. The Kier molecular flexibility index (Phi) is 20.8. The van der Waals surface area contributed by atoms with Crippen molar-refractivity contribution in [3.63, 3.8) is 0 Å². The van der Waals surface area contributed by atoms with E-state index in [9.17, 15) is 0 Å². The molecule has 0 aliphatic heterocycles. The summed E-state index contributed by atoms with van der Waals surface area (Å²) in [4.78, 5) is 3.69. The Labute approximate surface area is 215 Å². The maximum atomic E-state index is 3.69. The van der Waals surface area contributed by atoms with Crippen molar-refractivity contribution in [3.8, 4) is 0 Å². The first-order valence-corrected chi connectivity index (χ1v) is 15.8. The number of hydrogen-bond acceptors (Lipinski definition) is 0. The second-order valence-corrected chi connectivity index (χ2v) is 11.2. The first kappa shape index (κ1) is 31.2. The Morgan fingerprint density at radius 1 is 0.559 bits per heavy atom. The zero-order valence-electron chi connectivity index (χ0n) is 24.0. The zero-order chi connectivity index (χ0) is 24.7. The molecule has 1 N–H and O–H groups in total. The molecular weight excluding hydrogens is 412 g/mol. The summed E-state index contributed by atoms with van der Waals surface area (Å²) < 4.78 is 2.60. The molecule has 2 atom stereocenters. The van der Waals surface area contributed by atoms with Gasteiger partial charge < -0.3 is 0 Å². The number of aromatic nitrogens is 2. The summed E-state index contributed by atoms with van der Waals surface area (Å²) in [5.74, 6) is 2.23. The first-order chi connectivity index (χ1) is 16.7. The highest BCUT2D eigenvalue weighted by atomic mass is 15.1. The van der Waals surface area contributed by atoms with Crippen LogP contribution in [0.4, 0.5) is 0 Å². The highest BCUT2D eigenvalue weighted by Gasteiger charge is 2.25. The third-order valence-corrected chi connectivity index (χ3v) is 7.89. The van der Waals surface area contributed by atoms with Crippen LogP contribution >= 0.6 is 0 Å². The molecule has 2 heteroatoms. The van der Waals surface area contributed by atoms with Gasteiger partial charge in [0.2, 0.25) is 0 Å². The quantitative estimate of drug-likeness (QED) is 0.107. The smallest absolute Gasteiger partial charge is 0.247 e. The SMILES string of the molecule is CCCCCCCCCCCC(CCCCC)c1[nH]cc[n+]1C(C)CCCCCCCCCC. The Balaban J connectivity index is 2.40. The Morgan fingerprint density at radius 3 is 1.44 bits per heavy atom. The molecule has 2 unspecified atom stereocenters. The van der Waals surface area contributed by atoms with E-state index in [0.29, 0.717) is 12.0 Å². The molecule has 2 nitrogen and oxygen atoms in total. The van der Waals surface area contributed by atoms with E-state index in [1.807, 2.05) is 0 Å². The Hall–Kier alpha value is -0.790. The molecule has 0 saturated heterocycles. The third-order valence-electron chi connectivity index (χ3n) is 7.89. The van der Waals surface area contributed by atoms with Gasteiger partial charge in [0.05, 0.1) is 12.0 Å². The Bertz CT molecular complexity index is 535. The fraction of sp³-hybridized carbons (Fsp3) is 0.906. The minimum Gasteiger partial charge on any atom is -0.247 e. The normalized spacial score (nSPS) is 13.4. The van der Waals surface area contributed by atoms with Crippen LogP contribution in [0.1, 0.15) is 193 Å². The van der Waals surface area contributed by atoms with Crippen LogP contribution in [-0.4, -0.2) is 4.98 Å². The van der Waals surface area contributed by atoms with E-state index in [1.165, 1.54) is 154 Å². The summed E-state index contributed by atoms with van der Waals surface area (Å²) >= 11 is 0. The van der Waals surface area contributed by atoms with E-state index in [4.69, 9.17) is 0 Å². The van der Waals surface area contributed by atoms with E-state index in [2.05, 4.69) is 49.6 Å². The number of unbranched alkanes of at least 4 members (excludes halogenated alkanes) is 17. The van der Waals surface area contributed by atoms with Crippen molar-refractivity contribution in [2.45, 2.75) is 187 Å². The van der Waals surface area contributed by atoms with Gasteiger partial charge in [-0.05, 0) is 32.6 Å². The van der Waals surface area contributed by atoms with Crippen molar-refractivity contribution < 1.29 is 4.57 Å². The summed E-state index contributed by atoms with van der Waals surface area (Å²) in [5, 5.41) is 0. The summed E-state index contributed by atoms with van der Waals surface area (Å²) in [6.45, 7) is 9.39. The number of nitrogens with zero attached hydrogens (tertiary/aromatic N) is 1. The summed E-state index contributed by atoms with van der Waals surface area (Å²) in [5.41, 5.74) is 0. The average molecular weight is 476 g/mol. The highest BCUT2D eigenvalue weighted by molar-refractivity contribution is 4.90. The van der Waals surface area contributed by atoms with E-state index in [-0.39, 0.29) is 0 Å². The minimum atomic E-state index is 0.623. The van der Waals surface area contributed by atoms with Crippen LogP contribution in [0.2, 0.25) is 0 Å². The highest BCUT2D eigenvalue weighted by Crippen LogP contribution is 2.27. The van der Waals surface area contributed by atoms with Crippen LogP contribution in [0, 0.1) is 0 Å².